The zero-order valence-electron chi connectivity index (χ0n) is 15.1. The number of carbonyl (C=O) groups is 1. The molecular weight excluding hydrogens is 397 g/mol. The lowest BCUT2D eigenvalue weighted by Crippen LogP contribution is -2.34. The summed E-state index contributed by atoms with van der Waals surface area (Å²) in [5, 5.41) is 4.77. The second kappa shape index (κ2) is 8.79. The van der Waals surface area contributed by atoms with Crippen molar-refractivity contribution in [3.8, 4) is 17.2 Å². The first kappa shape index (κ1) is 21.3. The highest BCUT2D eigenvalue weighted by Crippen LogP contribution is 2.38. The lowest BCUT2D eigenvalue weighted by Gasteiger charge is -2.15. The smallest absolute Gasteiger partial charge is 0.416 e. The molecule has 0 saturated heterocycles. The van der Waals surface area contributed by atoms with Crippen molar-refractivity contribution in [2.75, 3.05) is 26.6 Å². The molecule has 0 aliphatic heterocycles. The van der Waals surface area contributed by atoms with Crippen LogP contribution in [0.25, 0.3) is 0 Å². The van der Waals surface area contributed by atoms with Gasteiger partial charge in [0.2, 0.25) is 5.75 Å². The minimum atomic E-state index is -4.49. The number of hydrogen-bond acceptors (Lipinski definition) is 5. The van der Waals surface area contributed by atoms with Crippen molar-refractivity contribution in [3.05, 3.63) is 47.5 Å². The molecule has 2 aromatic rings. The lowest BCUT2D eigenvalue weighted by molar-refractivity contribution is -0.137. The Balaban J connectivity index is 2.16. The molecule has 2 aromatic carbocycles. The van der Waals surface area contributed by atoms with Crippen molar-refractivity contribution in [2.45, 2.75) is 6.18 Å². The zero-order valence-corrected chi connectivity index (χ0v) is 16.0. The number of halogens is 3. The van der Waals surface area contributed by atoms with E-state index in [4.69, 9.17) is 26.4 Å². The zero-order chi connectivity index (χ0) is 20.9. The van der Waals surface area contributed by atoms with Gasteiger partial charge in [-0.2, -0.15) is 13.2 Å². The Labute approximate surface area is 164 Å². The SMILES string of the molecule is COc1cc(C(=O)NC(=S)Nc2cccc(C(F)(F)F)c2)cc(OC)c1OC. The fourth-order valence-corrected chi connectivity index (χ4v) is 2.53. The number of alkyl halides is 3. The van der Waals surface area contributed by atoms with Gasteiger partial charge in [-0.05, 0) is 42.5 Å². The minimum absolute atomic E-state index is 0.0880. The predicted octanol–water partition coefficient (Wildman–Crippen LogP) is 3.86. The molecule has 0 radical (unpaired) electrons. The third-order valence-electron chi connectivity index (χ3n) is 3.60. The second-order valence-corrected chi connectivity index (χ2v) is 5.81. The van der Waals surface area contributed by atoms with E-state index < -0.39 is 17.6 Å². The fraction of sp³-hybridized carbons (Fsp3) is 0.222. The molecule has 28 heavy (non-hydrogen) atoms. The van der Waals surface area contributed by atoms with Crippen molar-refractivity contribution in [1.82, 2.24) is 5.32 Å². The van der Waals surface area contributed by atoms with Crippen molar-refractivity contribution in [2.24, 2.45) is 0 Å². The second-order valence-electron chi connectivity index (χ2n) is 5.40. The van der Waals surface area contributed by atoms with Gasteiger partial charge in [-0.3, -0.25) is 10.1 Å². The van der Waals surface area contributed by atoms with Crippen LogP contribution in [0.3, 0.4) is 0 Å². The number of nitrogens with one attached hydrogen (secondary N) is 2. The van der Waals surface area contributed by atoms with Crippen LogP contribution >= 0.6 is 12.2 Å². The summed E-state index contributed by atoms with van der Waals surface area (Å²) >= 11 is 5.01. The third kappa shape index (κ3) is 5.03. The number of ether oxygens (including phenoxy) is 3. The van der Waals surface area contributed by atoms with E-state index in [-0.39, 0.29) is 27.9 Å². The molecule has 0 aliphatic carbocycles. The number of hydrogen-bond donors (Lipinski definition) is 2. The van der Waals surface area contributed by atoms with Gasteiger partial charge < -0.3 is 19.5 Å². The van der Waals surface area contributed by atoms with Crippen molar-refractivity contribution in [1.29, 1.82) is 0 Å². The van der Waals surface area contributed by atoms with E-state index in [0.717, 1.165) is 12.1 Å². The van der Waals surface area contributed by atoms with E-state index in [2.05, 4.69) is 10.6 Å². The molecule has 0 spiro atoms. The molecule has 0 aromatic heterocycles. The number of rotatable bonds is 5. The molecule has 0 bridgehead atoms. The molecule has 0 fully saturated rings. The first-order chi connectivity index (χ1) is 13.2. The molecule has 6 nitrogen and oxygen atoms in total. The van der Waals surface area contributed by atoms with Gasteiger partial charge >= 0.3 is 6.18 Å². The molecule has 1 amide bonds. The van der Waals surface area contributed by atoms with Crippen LogP contribution in [-0.4, -0.2) is 32.3 Å². The molecule has 0 atom stereocenters. The highest BCUT2D eigenvalue weighted by Gasteiger charge is 2.30. The van der Waals surface area contributed by atoms with Crippen LogP contribution in [0.15, 0.2) is 36.4 Å². The number of benzene rings is 2. The Morgan fingerprint density at radius 1 is 1.00 bits per heavy atom. The van der Waals surface area contributed by atoms with Gasteiger partial charge in [0.15, 0.2) is 16.6 Å². The maximum atomic E-state index is 12.8. The largest absolute Gasteiger partial charge is 0.493 e. The van der Waals surface area contributed by atoms with Crippen molar-refractivity contribution < 1.29 is 32.2 Å². The quantitative estimate of drug-likeness (QED) is 0.725. The number of methoxy groups -OCH3 is 3. The van der Waals surface area contributed by atoms with Crippen LogP contribution < -0.4 is 24.8 Å². The molecule has 0 aliphatic rings. The van der Waals surface area contributed by atoms with Crippen LogP contribution in [0.4, 0.5) is 18.9 Å². The van der Waals surface area contributed by atoms with Gasteiger partial charge in [-0.1, -0.05) is 6.07 Å². The number of thiocarbonyl (C=S) groups is 1. The Kier molecular flexibility index (Phi) is 6.68. The molecular formula is C18H17F3N2O4S. The van der Waals surface area contributed by atoms with Crippen LogP contribution in [0.1, 0.15) is 15.9 Å². The molecule has 10 heteroatoms. The van der Waals surface area contributed by atoms with Gasteiger partial charge in [-0.25, -0.2) is 0 Å². The molecule has 2 rings (SSSR count). The fourth-order valence-electron chi connectivity index (χ4n) is 2.32. The number of carbonyl (C=O) groups excluding carboxylic acids is 1. The Morgan fingerprint density at radius 2 is 1.61 bits per heavy atom. The minimum Gasteiger partial charge on any atom is -0.493 e. The van der Waals surface area contributed by atoms with Crippen LogP contribution in [0.5, 0.6) is 17.2 Å². The maximum Gasteiger partial charge on any atom is 0.416 e. The van der Waals surface area contributed by atoms with Gasteiger partial charge in [0.1, 0.15) is 0 Å². The van der Waals surface area contributed by atoms with E-state index in [0.29, 0.717) is 5.75 Å². The highest BCUT2D eigenvalue weighted by atomic mass is 32.1. The van der Waals surface area contributed by atoms with Crippen LogP contribution in [-0.2, 0) is 6.18 Å². The normalized spacial score (nSPS) is 10.8. The predicted molar refractivity (Wildman–Crippen MR) is 101 cm³/mol. The van der Waals surface area contributed by atoms with Gasteiger partial charge in [0, 0.05) is 11.3 Å². The van der Waals surface area contributed by atoms with Gasteiger partial charge in [0.25, 0.3) is 5.91 Å². The first-order valence-electron chi connectivity index (χ1n) is 7.79. The number of anilines is 1. The Bertz CT molecular complexity index is 862. The molecule has 0 unspecified atom stereocenters. The molecule has 150 valence electrons. The van der Waals surface area contributed by atoms with E-state index in [1.54, 1.807) is 0 Å². The average Bonchev–Trinajstić information content (AvgIpc) is 2.66. The van der Waals surface area contributed by atoms with Gasteiger partial charge in [-0.15, -0.1) is 0 Å². The summed E-state index contributed by atoms with van der Waals surface area (Å²) in [6.07, 6.45) is -4.49. The highest BCUT2D eigenvalue weighted by molar-refractivity contribution is 7.80. The lowest BCUT2D eigenvalue weighted by atomic mass is 10.1. The standard InChI is InChI=1S/C18H17F3N2O4S/c1-25-13-7-10(8-14(26-2)15(13)27-3)16(24)23-17(28)22-12-6-4-5-11(9-12)18(19,20)21/h4-9H,1-3H3,(H2,22,23,24,28). The monoisotopic (exact) mass is 414 g/mol. The van der Waals surface area contributed by atoms with E-state index >= 15 is 0 Å². The summed E-state index contributed by atoms with van der Waals surface area (Å²) in [7, 11) is 4.23. The summed E-state index contributed by atoms with van der Waals surface area (Å²) in [5.41, 5.74) is -0.594. The molecule has 0 saturated carbocycles. The third-order valence-corrected chi connectivity index (χ3v) is 3.81. The van der Waals surface area contributed by atoms with Crippen molar-refractivity contribution >= 4 is 28.9 Å². The van der Waals surface area contributed by atoms with E-state index in [9.17, 15) is 18.0 Å². The molecule has 2 N–H and O–H groups in total. The summed E-state index contributed by atoms with van der Waals surface area (Å²) in [6.45, 7) is 0. The summed E-state index contributed by atoms with van der Waals surface area (Å²) < 4.78 is 53.9. The summed E-state index contributed by atoms with van der Waals surface area (Å²) in [5.74, 6) is 0.238. The van der Waals surface area contributed by atoms with Crippen molar-refractivity contribution in [3.63, 3.8) is 0 Å². The summed E-state index contributed by atoms with van der Waals surface area (Å²) in [4.78, 5) is 12.4. The Hall–Kier alpha value is -3.01. The maximum absolute atomic E-state index is 12.8. The summed E-state index contributed by atoms with van der Waals surface area (Å²) in [6, 6.07) is 7.29. The first-order valence-corrected chi connectivity index (χ1v) is 8.20. The van der Waals surface area contributed by atoms with E-state index in [1.165, 1.54) is 45.6 Å². The Morgan fingerprint density at radius 3 is 2.11 bits per heavy atom. The van der Waals surface area contributed by atoms with Crippen LogP contribution in [0.2, 0.25) is 0 Å². The average molecular weight is 414 g/mol. The van der Waals surface area contributed by atoms with Gasteiger partial charge in [0.05, 0.1) is 26.9 Å². The number of amides is 1. The van der Waals surface area contributed by atoms with Crippen LogP contribution in [0, 0.1) is 0 Å². The molecule has 0 heterocycles. The topological polar surface area (TPSA) is 68.8 Å². The van der Waals surface area contributed by atoms with E-state index in [1.807, 2.05) is 0 Å².